The van der Waals surface area contributed by atoms with Gasteiger partial charge in [0.15, 0.2) is 5.16 Å². The largest absolute Gasteiger partial charge is 0.485 e. The maximum absolute atomic E-state index is 12.9. The smallest absolute Gasteiger partial charge is 0.433 e. The lowest BCUT2D eigenvalue weighted by atomic mass is 9.90. The van der Waals surface area contributed by atoms with Crippen LogP contribution in [0.1, 0.15) is 35.9 Å². The Morgan fingerprint density at radius 3 is 2.69 bits per heavy atom. The van der Waals surface area contributed by atoms with Gasteiger partial charge in [-0.15, -0.1) is 0 Å². The Hall–Kier alpha value is -2.31. The van der Waals surface area contributed by atoms with Crippen LogP contribution < -0.4 is 4.74 Å². The second kappa shape index (κ2) is 6.45. The molecule has 1 aromatic carbocycles. The minimum absolute atomic E-state index is 0.116. The van der Waals surface area contributed by atoms with Gasteiger partial charge >= 0.3 is 6.18 Å². The average molecular weight is 381 g/mol. The number of fused-ring (bicyclic) bond motifs is 1. The molecule has 1 N–H and O–H groups in total. The molecule has 136 valence electrons. The topological polar surface area (TPSA) is 79.0 Å². The van der Waals surface area contributed by atoms with Crippen molar-refractivity contribution in [3.8, 4) is 11.8 Å². The molecule has 3 rings (SSSR count). The first-order chi connectivity index (χ1) is 12.1. The SMILES string of the molecule is CC1(C)Oc2ccc(C#N)cc2[C@@H](Sc2nccc(C(F)(F)F)n2)[C@@H]1O. The minimum Gasteiger partial charge on any atom is -0.485 e. The Balaban J connectivity index is 2.03. The van der Waals surface area contributed by atoms with E-state index < -0.39 is 28.8 Å². The van der Waals surface area contributed by atoms with Gasteiger partial charge in [-0.25, -0.2) is 9.97 Å². The van der Waals surface area contributed by atoms with Gasteiger partial charge in [0, 0.05) is 11.8 Å². The number of alkyl halides is 3. The van der Waals surface area contributed by atoms with Crippen LogP contribution in [0, 0.1) is 11.3 Å². The van der Waals surface area contributed by atoms with Crippen molar-refractivity contribution in [2.45, 2.75) is 42.1 Å². The molecule has 9 heteroatoms. The molecule has 0 aliphatic carbocycles. The molecule has 0 unspecified atom stereocenters. The summed E-state index contributed by atoms with van der Waals surface area (Å²) in [5.41, 5.74) is -1.15. The summed E-state index contributed by atoms with van der Waals surface area (Å²) < 4.78 is 44.4. The lowest BCUT2D eigenvalue weighted by molar-refractivity contribution is -0.141. The van der Waals surface area contributed by atoms with E-state index in [0.29, 0.717) is 16.9 Å². The van der Waals surface area contributed by atoms with Gasteiger partial charge in [-0.1, -0.05) is 11.8 Å². The number of hydrogen-bond acceptors (Lipinski definition) is 6. The minimum atomic E-state index is -4.59. The van der Waals surface area contributed by atoms with Crippen LogP contribution in [0.5, 0.6) is 5.75 Å². The first-order valence-electron chi connectivity index (χ1n) is 7.60. The molecule has 0 bridgehead atoms. The molecule has 2 aromatic rings. The predicted molar refractivity (Wildman–Crippen MR) is 87.5 cm³/mol. The van der Waals surface area contributed by atoms with Crippen molar-refractivity contribution < 1.29 is 23.0 Å². The van der Waals surface area contributed by atoms with Gasteiger partial charge in [0.25, 0.3) is 0 Å². The van der Waals surface area contributed by atoms with Gasteiger partial charge < -0.3 is 9.84 Å². The molecule has 0 saturated carbocycles. The second-order valence-electron chi connectivity index (χ2n) is 6.28. The molecule has 1 aliphatic rings. The first-order valence-corrected chi connectivity index (χ1v) is 8.48. The van der Waals surface area contributed by atoms with E-state index in [1.54, 1.807) is 32.0 Å². The van der Waals surface area contributed by atoms with Gasteiger partial charge in [-0.05, 0) is 38.1 Å². The number of ether oxygens (including phenoxy) is 1. The molecule has 0 amide bonds. The van der Waals surface area contributed by atoms with Crippen molar-refractivity contribution >= 4 is 11.8 Å². The van der Waals surface area contributed by atoms with Crippen LogP contribution in [-0.2, 0) is 6.18 Å². The number of thioether (sulfide) groups is 1. The Morgan fingerprint density at radius 1 is 1.31 bits per heavy atom. The number of aliphatic hydroxyl groups excluding tert-OH is 1. The molecule has 0 fully saturated rings. The summed E-state index contributed by atoms with van der Waals surface area (Å²) in [7, 11) is 0. The van der Waals surface area contributed by atoms with E-state index in [2.05, 4.69) is 9.97 Å². The zero-order chi connectivity index (χ0) is 19.1. The van der Waals surface area contributed by atoms with Gasteiger partial charge in [0.1, 0.15) is 23.1 Å². The van der Waals surface area contributed by atoms with Crippen LogP contribution in [0.4, 0.5) is 13.2 Å². The van der Waals surface area contributed by atoms with Crippen LogP contribution in [0.25, 0.3) is 0 Å². The standard InChI is InChI=1S/C17H14F3N3O2S/c1-16(2)14(24)13(10-7-9(8-21)3-4-11(10)25-16)26-15-22-6-5-12(23-15)17(18,19)20/h3-7,13-14,24H,1-2H3/t13-,14+/m1/s1. The lowest BCUT2D eigenvalue weighted by Gasteiger charge is -2.41. The molecule has 1 aromatic heterocycles. The highest BCUT2D eigenvalue weighted by Gasteiger charge is 2.44. The number of aliphatic hydroxyl groups is 1. The number of nitrogens with zero attached hydrogens (tertiary/aromatic N) is 3. The molecule has 2 atom stereocenters. The summed E-state index contributed by atoms with van der Waals surface area (Å²) in [4.78, 5) is 7.43. The number of benzene rings is 1. The van der Waals surface area contributed by atoms with E-state index in [4.69, 9.17) is 10.00 Å². The van der Waals surface area contributed by atoms with Crippen LogP contribution in [0.3, 0.4) is 0 Å². The summed E-state index contributed by atoms with van der Waals surface area (Å²) in [6, 6.07) is 7.53. The summed E-state index contributed by atoms with van der Waals surface area (Å²) in [5, 5.41) is 19.0. The fraction of sp³-hybridized carbons (Fsp3) is 0.353. The molecular weight excluding hydrogens is 367 g/mol. The van der Waals surface area contributed by atoms with E-state index in [1.807, 2.05) is 6.07 Å². The second-order valence-corrected chi connectivity index (χ2v) is 7.38. The zero-order valence-corrected chi connectivity index (χ0v) is 14.6. The Kier molecular flexibility index (Phi) is 4.58. The monoisotopic (exact) mass is 381 g/mol. The Morgan fingerprint density at radius 2 is 2.04 bits per heavy atom. The fourth-order valence-corrected chi connectivity index (χ4v) is 3.88. The number of rotatable bonds is 2. The van der Waals surface area contributed by atoms with Crippen molar-refractivity contribution in [2.24, 2.45) is 0 Å². The summed E-state index contributed by atoms with van der Waals surface area (Å²) in [5.74, 6) is 0.462. The van der Waals surface area contributed by atoms with Crippen LogP contribution >= 0.6 is 11.8 Å². The predicted octanol–water partition coefficient (Wildman–Crippen LogP) is 3.73. The van der Waals surface area contributed by atoms with Crippen molar-refractivity contribution in [2.75, 3.05) is 0 Å². The van der Waals surface area contributed by atoms with E-state index >= 15 is 0 Å². The quantitative estimate of drug-likeness (QED) is 0.799. The first kappa shape index (κ1) is 18.5. The van der Waals surface area contributed by atoms with Gasteiger partial charge in [-0.2, -0.15) is 18.4 Å². The summed E-state index contributed by atoms with van der Waals surface area (Å²) in [6.45, 7) is 3.36. The molecule has 0 spiro atoms. The van der Waals surface area contributed by atoms with E-state index in [-0.39, 0.29) is 5.16 Å². The highest BCUT2D eigenvalue weighted by atomic mass is 32.2. The Bertz CT molecular complexity index is 880. The van der Waals surface area contributed by atoms with Crippen LogP contribution in [-0.4, -0.2) is 26.8 Å². The van der Waals surface area contributed by atoms with Gasteiger partial charge in [-0.3, -0.25) is 0 Å². The fourth-order valence-electron chi connectivity index (χ4n) is 2.61. The maximum Gasteiger partial charge on any atom is 0.433 e. The third-order valence-electron chi connectivity index (χ3n) is 3.97. The van der Waals surface area contributed by atoms with Crippen molar-refractivity contribution in [3.63, 3.8) is 0 Å². The van der Waals surface area contributed by atoms with Crippen LogP contribution in [0.15, 0.2) is 35.6 Å². The Labute approximate surface area is 151 Å². The van der Waals surface area contributed by atoms with Crippen molar-refractivity contribution in [1.29, 1.82) is 5.26 Å². The number of nitriles is 1. The molecule has 0 radical (unpaired) electrons. The normalized spacial score (nSPS) is 21.4. The van der Waals surface area contributed by atoms with E-state index in [9.17, 15) is 18.3 Å². The average Bonchev–Trinajstić information content (AvgIpc) is 2.58. The van der Waals surface area contributed by atoms with Crippen LogP contribution in [0.2, 0.25) is 0 Å². The molecular formula is C17H14F3N3O2S. The number of hydrogen-bond donors (Lipinski definition) is 1. The van der Waals surface area contributed by atoms with Crippen molar-refractivity contribution in [1.82, 2.24) is 9.97 Å². The number of halogens is 3. The molecule has 26 heavy (non-hydrogen) atoms. The molecule has 0 saturated heterocycles. The maximum atomic E-state index is 12.9. The molecule has 2 heterocycles. The van der Waals surface area contributed by atoms with Gasteiger partial charge in [0.2, 0.25) is 0 Å². The highest BCUT2D eigenvalue weighted by Crippen LogP contribution is 2.48. The van der Waals surface area contributed by atoms with Crippen molar-refractivity contribution in [3.05, 3.63) is 47.3 Å². The highest BCUT2D eigenvalue weighted by molar-refractivity contribution is 7.99. The third-order valence-corrected chi connectivity index (χ3v) is 5.15. The summed E-state index contributed by atoms with van der Waals surface area (Å²) in [6.07, 6.45) is -4.61. The molecule has 5 nitrogen and oxygen atoms in total. The van der Waals surface area contributed by atoms with E-state index in [0.717, 1.165) is 24.0 Å². The zero-order valence-electron chi connectivity index (χ0n) is 13.8. The molecule has 1 aliphatic heterocycles. The van der Waals surface area contributed by atoms with E-state index in [1.165, 1.54) is 0 Å². The van der Waals surface area contributed by atoms with Gasteiger partial charge in [0.05, 0.1) is 16.9 Å². The number of aromatic nitrogens is 2. The summed E-state index contributed by atoms with van der Waals surface area (Å²) >= 11 is 0.905. The lowest BCUT2D eigenvalue weighted by Crippen LogP contribution is -2.48. The third kappa shape index (κ3) is 3.48.